The highest BCUT2D eigenvalue weighted by Gasteiger charge is 2.16. The average molecular weight is 457 g/mol. The van der Waals surface area contributed by atoms with Crippen LogP contribution in [-0.2, 0) is 0 Å². The van der Waals surface area contributed by atoms with Gasteiger partial charge >= 0.3 is 0 Å². The number of aromatic nitrogens is 5. The van der Waals surface area contributed by atoms with Crippen molar-refractivity contribution >= 4 is 50.7 Å². The third-order valence-electron chi connectivity index (χ3n) is 5.10. The standard InChI is InChI=1S/C20H21ClN8OS/c21-18-24-16(15-7-12-31-17(15)25-18)29-19(22)26-20(27-29)23-13-3-5-14(6-4-13)30-11-10-28-8-1-2-9-28/h3-7,12H,1-2,8-11H2,(H3,22,23,26,27). The Morgan fingerprint density at radius 2 is 1.90 bits per heavy atom. The van der Waals surface area contributed by atoms with Crippen LogP contribution in [0.3, 0.4) is 0 Å². The van der Waals surface area contributed by atoms with Crippen molar-refractivity contribution in [3.05, 3.63) is 41.0 Å². The van der Waals surface area contributed by atoms with Crippen LogP contribution in [0, 0.1) is 0 Å². The lowest BCUT2D eigenvalue weighted by atomic mass is 10.3. The van der Waals surface area contributed by atoms with Gasteiger partial charge in [0.05, 0.1) is 5.39 Å². The molecule has 9 nitrogen and oxygen atoms in total. The number of benzene rings is 1. The van der Waals surface area contributed by atoms with Crippen LogP contribution in [0.2, 0.25) is 5.28 Å². The number of likely N-dealkylation sites (tertiary alicyclic amines) is 1. The Labute approximate surface area is 187 Å². The maximum Gasteiger partial charge on any atom is 0.248 e. The molecule has 0 bridgehead atoms. The number of halogens is 1. The van der Waals surface area contributed by atoms with Crippen molar-refractivity contribution in [2.75, 3.05) is 37.3 Å². The summed E-state index contributed by atoms with van der Waals surface area (Å²) in [4.78, 5) is 16.0. The summed E-state index contributed by atoms with van der Waals surface area (Å²) in [7, 11) is 0. The first-order chi connectivity index (χ1) is 15.2. The molecule has 5 rings (SSSR count). The number of nitrogens with one attached hydrogen (secondary N) is 1. The molecule has 0 radical (unpaired) electrons. The van der Waals surface area contributed by atoms with Gasteiger partial charge in [-0.2, -0.15) is 14.6 Å². The first kappa shape index (κ1) is 20.0. The van der Waals surface area contributed by atoms with Crippen molar-refractivity contribution in [1.29, 1.82) is 0 Å². The van der Waals surface area contributed by atoms with Gasteiger partial charge in [-0.05, 0) is 73.2 Å². The molecule has 0 amide bonds. The van der Waals surface area contributed by atoms with E-state index >= 15 is 0 Å². The summed E-state index contributed by atoms with van der Waals surface area (Å²) < 4.78 is 7.31. The van der Waals surface area contributed by atoms with E-state index in [4.69, 9.17) is 22.1 Å². The number of ether oxygens (including phenoxy) is 1. The number of fused-ring (bicyclic) bond motifs is 1. The van der Waals surface area contributed by atoms with Crippen LogP contribution in [0.25, 0.3) is 16.0 Å². The smallest absolute Gasteiger partial charge is 0.248 e. The zero-order valence-electron chi connectivity index (χ0n) is 16.7. The van der Waals surface area contributed by atoms with Gasteiger partial charge in [0, 0.05) is 12.2 Å². The molecule has 1 aliphatic heterocycles. The molecule has 4 heterocycles. The van der Waals surface area contributed by atoms with E-state index in [9.17, 15) is 0 Å². The van der Waals surface area contributed by atoms with E-state index in [-0.39, 0.29) is 11.2 Å². The number of nitrogen functional groups attached to an aromatic ring is 1. The molecule has 160 valence electrons. The molecule has 3 N–H and O–H groups in total. The molecule has 1 fully saturated rings. The zero-order chi connectivity index (χ0) is 21.2. The highest BCUT2D eigenvalue weighted by Crippen LogP contribution is 2.27. The van der Waals surface area contributed by atoms with Gasteiger partial charge < -0.3 is 15.8 Å². The van der Waals surface area contributed by atoms with E-state index in [1.54, 1.807) is 0 Å². The number of nitrogens with two attached hydrogens (primary N) is 1. The molecule has 11 heteroatoms. The van der Waals surface area contributed by atoms with Gasteiger partial charge in [0.1, 0.15) is 17.2 Å². The van der Waals surface area contributed by atoms with E-state index < -0.39 is 0 Å². The van der Waals surface area contributed by atoms with Crippen LogP contribution in [0.5, 0.6) is 5.75 Å². The molecule has 0 spiro atoms. The van der Waals surface area contributed by atoms with E-state index in [0.29, 0.717) is 18.4 Å². The van der Waals surface area contributed by atoms with E-state index in [2.05, 4.69) is 30.3 Å². The zero-order valence-corrected chi connectivity index (χ0v) is 18.2. The van der Waals surface area contributed by atoms with Crippen LogP contribution in [0.15, 0.2) is 35.7 Å². The Kier molecular flexibility index (Phi) is 5.58. The maximum absolute atomic E-state index is 6.09. The number of hydrogen-bond acceptors (Lipinski definition) is 9. The molecule has 1 saturated heterocycles. The Balaban J connectivity index is 1.27. The molecule has 4 aromatic rings. The highest BCUT2D eigenvalue weighted by molar-refractivity contribution is 7.16. The second kappa shape index (κ2) is 8.66. The largest absolute Gasteiger partial charge is 0.492 e. The highest BCUT2D eigenvalue weighted by atomic mass is 35.5. The predicted molar refractivity (Wildman–Crippen MR) is 123 cm³/mol. The van der Waals surface area contributed by atoms with Crippen LogP contribution in [0.1, 0.15) is 12.8 Å². The van der Waals surface area contributed by atoms with Crippen molar-refractivity contribution in [2.24, 2.45) is 0 Å². The van der Waals surface area contributed by atoms with Gasteiger partial charge in [-0.3, -0.25) is 4.90 Å². The molecule has 0 atom stereocenters. The second-order valence-corrected chi connectivity index (χ2v) is 8.44. The predicted octanol–water partition coefficient (Wildman–Crippen LogP) is 3.73. The van der Waals surface area contributed by atoms with Crippen LogP contribution >= 0.6 is 22.9 Å². The SMILES string of the molecule is Nc1nc(Nc2ccc(OCCN3CCCC3)cc2)nn1-c1nc(Cl)nc2sccc12. The van der Waals surface area contributed by atoms with Crippen LogP contribution < -0.4 is 15.8 Å². The van der Waals surface area contributed by atoms with Crippen molar-refractivity contribution in [3.8, 4) is 11.6 Å². The Hall–Kier alpha value is -2.95. The fourth-order valence-electron chi connectivity index (χ4n) is 3.57. The van der Waals surface area contributed by atoms with Gasteiger partial charge in [-0.15, -0.1) is 16.4 Å². The molecule has 1 aromatic carbocycles. The lowest BCUT2D eigenvalue weighted by molar-refractivity contribution is 0.238. The van der Waals surface area contributed by atoms with Crippen molar-refractivity contribution in [2.45, 2.75) is 12.8 Å². The minimum absolute atomic E-state index is 0.134. The minimum Gasteiger partial charge on any atom is -0.492 e. The van der Waals surface area contributed by atoms with Gasteiger partial charge in [0.2, 0.25) is 17.2 Å². The summed E-state index contributed by atoms with van der Waals surface area (Å²) in [5, 5.41) is 10.5. The van der Waals surface area contributed by atoms with Gasteiger partial charge in [-0.25, -0.2) is 4.98 Å². The normalized spacial score (nSPS) is 14.4. The lowest BCUT2D eigenvalue weighted by Crippen LogP contribution is -2.25. The van der Waals surface area contributed by atoms with Crippen LogP contribution in [0.4, 0.5) is 17.6 Å². The van der Waals surface area contributed by atoms with Gasteiger partial charge in [0.25, 0.3) is 0 Å². The molecule has 0 saturated carbocycles. The first-order valence-corrected chi connectivity index (χ1v) is 11.3. The molecule has 0 aliphatic carbocycles. The third kappa shape index (κ3) is 4.41. The summed E-state index contributed by atoms with van der Waals surface area (Å²) in [6, 6.07) is 9.58. The van der Waals surface area contributed by atoms with Crippen LogP contribution in [-0.4, -0.2) is 55.9 Å². The number of thiophene rings is 1. The molecule has 0 unspecified atom stereocenters. The lowest BCUT2D eigenvalue weighted by Gasteiger charge is -2.15. The monoisotopic (exact) mass is 456 g/mol. The second-order valence-electron chi connectivity index (χ2n) is 7.21. The van der Waals surface area contributed by atoms with Gasteiger partial charge in [0.15, 0.2) is 5.82 Å². The van der Waals surface area contributed by atoms with E-state index in [1.165, 1.54) is 41.9 Å². The summed E-state index contributed by atoms with van der Waals surface area (Å²) in [6.07, 6.45) is 2.58. The first-order valence-electron chi connectivity index (χ1n) is 10.0. The van der Waals surface area contributed by atoms with Crippen molar-refractivity contribution < 1.29 is 4.74 Å². The molecule has 3 aromatic heterocycles. The maximum atomic E-state index is 6.09. The summed E-state index contributed by atoms with van der Waals surface area (Å²) in [5.74, 6) is 1.89. The number of anilines is 3. The van der Waals surface area contributed by atoms with Crippen molar-refractivity contribution in [3.63, 3.8) is 0 Å². The molecule has 31 heavy (non-hydrogen) atoms. The Morgan fingerprint density at radius 3 is 2.71 bits per heavy atom. The molecule has 1 aliphatic rings. The van der Waals surface area contributed by atoms with Crippen molar-refractivity contribution in [1.82, 2.24) is 29.6 Å². The van der Waals surface area contributed by atoms with E-state index in [0.717, 1.165) is 28.2 Å². The van der Waals surface area contributed by atoms with E-state index in [1.807, 2.05) is 35.7 Å². The quantitative estimate of drug-likeness (QED) is 0.405. The topological polar surface area (TPSA) is 107 Å². The Morgan fingerprint density at radius 1 is 1.10 bits per heavy atom. The summed E-state index contributed by atoms with van der Waals surface area (Å²) in [5.41, 5.74) is 6.92. The number of nitrogens with zero attached hydrogens (tertiary/aromatic N) is 6. The molecular formula is C20H21ClN8OS. The number of hydrogen-bond donors (Lipinski definition) is 2. The fraction of sp³-hybridized carbons (Fsp3) is 0.300. The summed E-state index contributed by atoms with van der Waals surface area (Å²) >= 11 is 7.53. The summed E-state index contributed by atoms with van der Waals surface area (Å²) in [6.45, 7) is 4.00. The molecular weight excluding hydrogens is 436 g/mol. The Bertz CT molecular complexity index is 1190. The third-order valence-corrected chi connectivity index (χ3v) is 6.07. The fourth-order valence-corrected chi connectivity index (χ4v) is 4.54. The van der Waals surface area contributed by atoms with Gasteiger partial charge in [-0.1, -0.05) is 0 Å². The number of rotatable bonds is 7. The minimum atomic E-state index is 0.134. The average Bonchev–Trinajstić information content (AvgIpc) is 3.50.